The highest BCUT2D eigenvalue weighted by molar-refractivity contribution is 14.0. The van der Waals surface area contributed by atoms with Crippen molar-refractivity contribution in [1.82, 2.24) is 10.6 Å². The van der Waals surface area contributed by atoms with Gasteiger partial charge in [-0.3, -0.25) is 4.99 Å². The molecule has 8 heteroatoms. The van der Waals surface area contributed by atoms with E-state index in [0.717, 1.165) is 30.2 Å². The summed E-state index contributed by atoms with van der Waals surface area (Å²) in [5, 5.41) is 7.12. The molecule has 0 saturated heterocycles. The van der Waals surface area contributed by atoms with Crippen LogP contribution in [0.25, 0.3) is 0 Å². The molecule has 2 aromatic rings. The fourth-order valence-corrected chi connectivity index (χ4v) is 2.97. The van der Waals surface area contributed by atoms with Gasteiger partial charge in [0.1, 0.15) is 5.75 Å². The molecule has 0 aliphatic carbocycles. The number of hydrogen-bond acceptors (Lipinski definition) is 4. The van der Waals surface area contributed by atoms with E-state index in [0.29, 0.717) is 29.7 Å². The molecule has 2 aromatic carbocycles. The highest BCUT2D eigenvalue weighted by atomic mass is 127. The summed E-state index contributed by atoms with van der Waals surface area (Å²) in [6.07, 6.45) is 0.882. The molecule has 2 N–H and O–H groups in total. The van der Waals surface area contributed by atoms with Gasteiger partial charge in [0.2, 0.25) is 0 Å². The monoisotopic (exact) mass is 533 g/mol. The lowest BCUT2D eigenvalue weighted by Gasteiger charge is -2.15. The molecule has 0 aliphatic heterocycles. The second-order valence-electron chi connectivity index (χ2n) is 5.99. The Morgan fingerprint density at radius 1 is 1.03 bits per heavy atom. The van der Waals surface area contributed by atoms with Crippen LogP contribution in [0.15, 0.2) is 41.4 Å². The van der Waals surface area contributed by atoms with Gasteiger partial charge in [0.05, 0.1) is 25.8 Å². The molecule has 0 saturated carbocycles. The van der Waals surface area contributed by atoms with Crippen LogP contribution in [-0.4, -0.2) is 40.4 Å². The third-order valence-corrected chi connectivity index (χ3v) is 4.41. The fourth-order valence-electron chi connectivity index (χ4n) is 2.68. The lowest BCUT2D eigenvalue weighted by atomic mass is 10.1. The van der Waals surface area contributed by atoms with E-state index < -0.39 is 0 Å². The first-order valence-corrected chi connectivity index (χ1v) is 9.55. The van der Waals surface area contributed by atoms with Crippen LogP contribution in [0.5, 0.6) is 17.2 Å². The summed E-state index contributed by atoms with van der Waals surface area (Å²) in [5.41, 5.74) is 2.20. The maximum absolute atomic E-state index is 6.33. The van der Waals surface area contributed by atoms with Crippen LogP contribution in [0.4, 0.5) is 0 Å². The zero-order valence-electron chi connectivity index (χ0n) is 17.3. The zero-order valence-corrected chi connectivity index (χ0v) is 20.3. The van der Waals surface area contributed by atoms with Gasteiger partial charge in [-0.2, -0.15) is 0 Å². The number of rotatable bonds is 9. The van der Waals surface area contributed by atoms with Crippen LogP contribution in [0.1, 0.15) is 18.1 Å². The summed E-state index contributed by atoms with van der Waals surface area (Å²) in [4.78, 5) is 4.26. The second-order valence-corrected chi connectivity index (χ2v) is 6.40. The lowest BCUT2D eigenvalue weighted by Crippen LogP contribution is -2.37. The molecule has 2 rings (SSSR count). The molecule has 0 aliphatic rings. The zero-order chi connectivity index (χ0) is 20.4. The highest BCUT2D eigenvalue weighted by Gasteiger charge is 2.12. The average Bonchev–Trinajstić information content (AvgIpc) is 2.72. The number of nitrogens with one attached hydrogen (secondary N) is 2. The third-order valence-electron chi connectivity index (χ3n) is 4.13. The number of hydrogen-bond donors (Lipinski definition) is 2. The summed E-state index contributed by atoms with van der Waals surface area (Å²) in [6, 6.07) is 11.8. The van der Waals surface area contributed by atoms with E-state index in [9.17, 15) is 0 Å². The number of guanidine groups is 1. The van der Waals surface area contributed by atoms with Gasteiger partial charge in [0, 0.05) is 20.1 Å². The van der Waals surface area contributed by atoms with Crippen molar-refractivity contribution >= 4 is 41.5 Å². The molecule has 0 radical (unpaired) electrons. The van der Waals surface area contributed by atoms with Crippen molar-refractivity contribution in [3.8, 4) is 17.2 Å². The number of nitrogens with zero attached hydrogens (tertiary/aromatic N) is 1. The Morgan fingerprint density at radius 2 is 1.76 bits per heavy atom. The Labute approximate surface area is 195 Å². The molecule has 0 heterocycles. The van der Waals surface area contributed by atoms with E-state index in [1.54, 1.807) is 21.3 Å². The Balaban J connectivity index is 0.00000420. The first kappa shape index (κ1) is 25.2. The van der Waals surface area contributed by atoms with Crippen molar-refractivity contribution < 1.29 is 14.2 Å². The van der Waals surface area contributed by atoms with Crippen LogP contribution in [-0.2, 0) is 13.0 Å². The van der Waals surface area contributed by atoms with Gasteiger partial charge in [-0.25, -0.2) is 0 Å². The third kappa shape index (κ3) is 7.81. The molecule has 6 nitrogen and oxygen atoms in total. The van der Waals surface area contributed by atoms with Gasteiger partial charge in [0.15, 0.2) is 17.5 Å². The number of halogens is 2. The minimum atomic E-state index is 0. The largest absolute Gasteiger partial charge is 0.497 e. The molecule has 0 amide bonds. The summed E-state index contributed by atoms with van der Waals surface area (Å²) in [5.74, 6) is 2.77. The molecule has 0 unspecified atom stereocenters. The van der Waals surface area contributed by atoms with E-state index in [1.165, 1.54) is 5.56 Å². The van der Waals surface area contributed by atoms with Crippen LogP contribution in [0.2, 0.25) is 5.02 Å². The van der Waals surface area contributed by atoms with E-state index in [4.69, 9.17) is 25.8 Å². The van der Waals surface area contributed by atoms with E-state index in [1.807, 2.05) is 31.2 Å². The standard InChI is InChI=1S/C21H28ClN3O3.HI/c1-5-28-20-18(22)12-16(13-19(20)27-4)14-25-21(23-2)24-11-10-15-6-8-17(26-3)9-7-15;/h6-9,12-13H,5,10-11,14H2,1-4H3,(H2,23,24,25);1H. The normalized spacial score (nSPS) is 10.7. The molecule has 0 aromatic heterocycles. The van der Waals surface area contributed by atoms with E-state index in [-0.39, 0.29) is 24.0 Å². The molecular weight excluding hydrogens is 505 g/mol. The lowest BCUT2D eigenvalue weighted by molar-refractivity contribution is 0.311. The Hall–Kier alpha value is -1.87. The predicted octanol–water partition coefficient (Wildman–Crippen LogP) is 4.28. The van der Waals surface area contributed by atoms with Gasteiger partial charge < -0.3 is 24.8 Å². The SMILES string of the molecule is CCOc1c(Cl)cc(CNC(=NC)NCCc2ccc(OC)cc2)cc1OC.I. The topological polar surface area (TPSA) is 64.1 Å². The van der Waals surface area contributed by atoms with Crippen LogP contribution in [0.3, 0.4) is 0 Å². The molecule has 0 bridgehead atoms. The average molecular weight is 534 g/mol. The van der Waals surface area contributed by atoms with Crippen molar-refractivity contribution in [2.75, 3.05) is 34.4 Å². The molecular formula is C21H29ClIN3O3. The second kappa shape index (κ2) is 13.4. The molecule has 0 fully saturated rings. The van der Waals surface area contributed by atoms with Gasteiger partial charge in [0.25, 0.3) is 0 Å². The van der Waals surface area contributed by atoms with E-state index in [2.05, 4.69) is 27.8 Å². The number of ether oxygens (including phenoxy) is 3. The van der Waals surface area contributed by atoms with Gasteiger partial charge in [-0.15, -0.1) is 24.0 Å². The number of benzene rings is 2. The predicted molar refractivity (Wildman–Crippen MR) is 129 cm³/mol. The van der Waals surface area contributed by atoms with Crippen LogP contribution >= 0.6 is 35.6 Å². The minimum absolute atomic E-state index is 0. The summed E-state index contributed by atoms with van der Waals surface area (Å²) < 4.78 is 16.1. The minimum Gasteiger partial charge on any atom is -0.497 e. The summed E-state index contributed by atoms with van der Waals surface area (Å²) in [7, 11) is 5.01. The maximum Gasteiger partial charge on any atom is 0.191 e. The Kier molecular flexibility index (Phi) is 11.6. The number of methoxy groups -OCH3 is 2. The van der Waals surface area contributed by atoms with E-state index >= 15 is 0 Å². The first-order valence-electron chi connectivity index (χ1n) is 9.17. The van der Waals surface area contributed by atoms with Gasteiger partial charge in [-0.1, -0.05) is 23.7 Å². The maximum atomic E-state index is 6.33. The van der Waals surface area contributed by atoms with Gasteiger partial charge >= 0.3 is 0 Å². The number of aliphatic imine (C=N–C) groups is 1. The van der Waals surface area contributed by atoms with Crippen molar-refractivity contribution in [2.24, 2.45) is 4.99 Å². The van der Waals surface area contributed by atoms with Crippen molar-refractivity contribution in [2.45, 2.75) is 19.9 Å². The van der Waals surface area contributed by atoms with Crippen molar-refractivity contribution in [3.63, 3.8) is 0 Å². The van der Waals surface area contributed by atoms with Crippen LogP contribution in [0, 0.1) is 0 Å². The molecule has 160 valence electrons. The Morgan fingerprint density at radius 3 is 2.34 bits per heavy atom. The van der Waals surface area contributed by atoms with Crippen molar-refractivity contribution in [3.05, 3.63) is 52.5 Å². The molecule has 0 atom stereocenters. The quantitative estimate of drug-likeness (QED) is 0.286. The highest BCUT2D eigenvalue weighted by Crippen LogP contribution is 2.36. The Bertz CT molecular complexity index is 785. The summed E-state index contributed by atoms with van der Waals surface area (Å²) >= 11 is 6.33. The first-order chi connectivity index (χ1) is 13.6. The summed E-state index contributed by atoms with van der Waals surface area (Å²) in [6.45, 7) is 3.76. The van der Waals surface area contributed by atoms with Crippen molar-refractivity contribution in [1.29, 1.82) is 0 Å². The molecule has 29 heavy (non-hydrogen) atoms. The fraction of sp³-hybridized carbons (Fsp3) is 0.381. The smallest absolute Gasteiger partial charge is 0.191 e. The molecule has 0 spiro atoms. The van der Waals surface area contributed by atoms with Gasteiger partial charge in [-0.05, 0) is 48.7 Å². The van der Waals surface area contributed by atoms with Crippen LogP contribution < -0.4 is 24.8 Å².